The Morgan fingerprint density at radius 3 is 2.92 bits per heavy atom. The third-order valence-electron chi connectivity index (χ3n) is 6.87. The van der Waals surface area contributed by atoms with Crippen molar-refractivity contribution < 1.29 is 24.2 Å². The van der Waals surface area contributed by atoms with Crippen molar-refractivity contribution in [3.8, 4) is 11.5 Å². The van der Waals surface area contributed by atoms with Crippen molar-refractivity contribution in [2.24, 2.45) is 0 Å². The fourth-order valence-corrected chi connectivity index (χ4v) is 5.85. The number of carbonyl (C=O) groups is 2. The van der Waals surface area contributed by atoms with Gasteiger partial charge in [0.2, 0.25) is 5.91 Å². The van der Waals surface area contributed by atoms with Crippen LogP contribution in [-0.4, -0.2) is 53.1 Å². The molecule has 1 aromatic rings. The smallest absolute Gasteiger partial charge is 0.219 e. The average Bonchev–Trinajstić information content (AvgIpc) is 2.92. The molecule has 1 unspecified atom stereocenters. The van der Waals surface area contributed by atoms with Crippen LogP contribution in [-0.2, 0) is 21.4 Å². The van der Waals surface area contributed by atoms with Crippen LogP contribution in [0.25, 0.3) is 0 Å². The van der Waals surface area contributed by atoms with E-state index in [1.807, 2.05) is 12.1 Å². The first kappa shape index (κ1) is 15.2. The van der Waals surface area contributed by atoms with E-state index in [2.05, 4.69) is 0 Å². The number of rotatable bonds is 1. The van der Waals surface area contributed by atoms with Gasteiger partial charge >= 0.3 is 0 Å². The minimum atomic E-state index is -1.14. The summed E-state index contributed by atoms with van der Waals surface area (Å²) in [4.78, 5) is 26.7. The molecule has 2 fully saturated rings. The van der Waals surface area contributed by atoms with Gasteiger partial charge in [-0.15, -0.1) is 0 Å². The highest BCUT2D eigenvalue weighted by Crippen LogP contribution is 2.64. The number of ketones is 1. The van der Waals surface area contributed by atoms with Crippen molar-refractivity contribution in [2.45, 2.75) is 55.8 Å². The first-order chi connectivity index (χ1) is 11.9. The van der Waals surface area contributed by atoms with Gasteiger partial charge in [-0.05, 0) is 30.9 Å². The highest BCUT2D eigenvalue weighted by molar-refractivity contribution is 5.90. The molecule has 1 saturated carbocycles. The lowest BCUT2D eigenvalue weighted by molar-refractivity contribution is -0.191. The summed E-state index contributed by atoms with van der Waals surface area (Å²) < 4.78 is 11.6. The number of carbonyl (C=O) groups excluding carboxylic acids is 2. The molecule has 4 aliphatic rings. The van der Waals surface area contributed by atoms with Crippen molar-refractivity contribution >= 4 is 11.7 Å². The maximum Gasteiger partial charge on any atom is 0.219 e. The number of nitrogens with zero attached hydrogens (tertiary/aromatic N) is 1. The summed E-state index contributed by atoms with van der Waals surface area (Å²) in [6, 6.07) is 3.52. The highest BCUT2D eigenvalue weighted by atomic mass is 16.5. The second-order valence-electron chi connectivity index (χ2n) is 7.67. The standard InChI is InChI=1S/C19H21NO5/c1-10(21)20-8-7-18-15-11-3-4-13(24-2)16(15)25-17(18)12(22)5-6-19(18,23)14(20)9-11/h3-4,14,17,23H,5-9H2,1-2H3/t14-,17?,18+,19-/m1/s1. The van der Waals surface area contributed by atoms with Crippen LogP contribution in [0.1, 0.15) is 37.3 Å². The number of benzene rings is 1. The molecular weight excluding hydrogens is 322 g/mol. The molecule has 0 aromatic heterocycles. The van der Waals surface area contributed by atoms with Gasteiger partial charge < -0.3 is 19.5 Å². The van der Waals surface area contributed by atoms with Gasteiger partial charge in [0.25, 0.3) is 0 Å². The topological polar surface area (TPSA) is 76.1 Å². The Balaban J connectivity index is 1.82. The van der Waals surface area contributed by atoms with E-state index in [1.165, 1.54) is 0 Å². The number of aliphatic hydroxyl groups is 1. The number of hydrogen-bond donors (Lipinski definition) is 1. The Hall–Kier alpha value is -2.08. The molecule has 6 heteroatoms. The predicted octanol–water partition coefficient (Wildman–Crippen LogP) is 0.965. The molecule has 1 saturated heterocycles. The summed E-state index contributed by atoms with van der Waals surface area (Å²) in [5.41, 5.74) is 0.0803. The van der Waals surface area contributed by atoms with Crippen LogP contribution in [0, 0.1) is 0 Å². The van der Waals surface area contributed by atoms with Gasteiger partial charge in [-0.3, -0.25) is 9.59 Å². The van der Waals surface area contributed by atoms with E-state index in [-0.39, 0.29) is 24.2 Å². The van der Waals surface area contributed by atoms with Crippen LogP contribution in [0.15, 0.2) is 12.1 Å². The minimum absolute atomic E-state index is 0.0298. The fraction of sp³-hybridized carbons (Fsp3) is 0.579. The SMILES string of the molecule is COc1ccc2c3c1OC1C(=O)CC[C@@]4(O)[C@@H](C2)N(C(C)=O)CC[C@]314. The lowest BCUT2D eigenvalue weighted by atomic mass is 9.49. The van der Waals surface area contributed by atoms with Crippen LogP contribution in [0.5, 0.6) is 11.5 Å². The van der Waals surface area contributed by atoms with Crippen molar-refractivity contribution in [3.05, 3.63) is 23.3 Å². The number of methoxy groups -OCH3 is 1. The zero-order valence-corrected chi connectivity index (χ0v) is 14.4. The molecular formula is C19H21NO5. The molecule has 0 radical (unpaired) electrons. The van der Waals surface area contributed by atoms with Gasteiger partial charge in [0.15, 0.2) is 23.4 Å². The number of hydrogen-bond acceptors (Lipinski definition) is 5. The molecule has 1 N–H and O–H groups in total. The normalized spacial score (nSPS) is 37.4. The van der Waals surface area contributed by atoms with Crippen molar-refractivity contribution in [3.63, 3.8) is 0 Å². The summed E-state index contributed by atoms with van der Waals surface area (Å²) in [7, 11) is 1.58. The van der Waals surface area contributed by atoms with E-state index in [0.29, 0.717) is 37.3 Å². The summed E-state index contributed by atoms with van der Waals surface area (Å²) in [6.45, 7) is 2.08. The van der Waals surface area contributed by atoms with E-state index >= 15 is 0 Å². The van der Waals surface area contributed by atoms with E-state index in [0.717, 1.165) is 11.1 Å². The Morgan fingerprint density at radius 2 is 2.20 bits per heavy atom. The van der Waals surface area contributed by atoms with E-state index in [9.17, 15) is 14.7 Å². The number of ether oxygens (including phenoxy) is 2. The Bertz CT molecular complexity index is 820. The van der Waals surface area contributed by atoms with Gasteiger partial charge in [0.05, 0.1) is 24.2 Å². The van der Waals surface area contributed by atoms with Crippen LogP contribution in [0.2, 0.25) is 0 Å². The van der Waals surface area contributed by atoms with Crippen molar-refractivity contribution in [1.29, 1.82) is 0 Å². The molecule has 4 atom stereocenters. The van der Waals surface area contributed by atoms with Gasteiger partial charge in [-0.1, -0.05) is 6.07 Å². The van der Waals surface area contributed by atoms with Crippen molar-refractivity contribution in [1.82, 2.24) is 4.90 Å². The van der Waals surface area contributed by atoms with Crippen molar-refractivity contribution in [2.75, 3.05) is 13.7 Å². The number of likely N-dealkylation sites (tertiary alicyclic amines) is 1. The lowest BCUT2D eigenvalue weighted by Crippen LogP contribution is -2.77. The zero-order valence-electron chi connectivity index (χ0n) is 14.4. The zero-order chi connectivity index (χ0) is 17.6. The second kappa shape index (κ2) is 4.55. The minimum Gasteiger partial charge on any atom is -0.493 e. The van der Waals surface area contributed by atoms with Crippen LogP contribution >= 0.6 is 0 Å². The summed E-state index contributed by atoms with van der Waals surface area (Å²) in [6.07, 6.45) is 1.07. The maximum atomic E-state index is 12.7. The summed E-state index contributed by atoms with van der Waals surface area (Å²) in [5.74, 6) is 1.21. The molecule has 2 aliphatic carbocycles. The highest BCUT2D eigenvalue weighted by Gasteiger charge is 2.73. The molecule has 5 rings (SSSR count). The van der Waals surface area contributed by atoms with Gasteiger partial charge in [-0.2, -0.15) is 0 Å². The first-order valence-electron chi connectivity index (χ1n) is 8.83. The molecule has 132 valence electrons. The van der Waals surface area contributed by atoms with Gasteiger partial charge in [-0.25, -0.2) is 0 Å². The molecule has 2 heterocycles. The Morgan fingerprint density at radius 1 is 1.40 bits per heavy atom. The summed E-state index contributed by atoms with van der Waals surface area (Å²) >= 11 is 0. The molecule has 2 bridgehead atoms. The predicted molar refractivity (Wildman–Crippen MR) is 87.8 cm³/mol. The molecule has 1 amide bonds. The van der Waals surface area contributed by atoms with Gasteiger partial charge in [0, 0.05) is 25.5 Å². The lowest BCUT2D eigenvalue weighted by Gasteiger charge is -2.62. The molecule has 6 nitrogen and oxygen atoms in total. The fourth-order valence-electron chi connectivity index (χ4n) is 5.85. The number of amides is 1. The number of piperidine rings is 1. The largest absolute Gasteiger partial charge is 0.493 e. The van der Waals surface area contributed by atoms with E-state index < -0.39 is 17.1 Å². The number of Topliss-reactive ketones (excluding diaryl/α,β-unsaturated/α-hetero) is 1. The van der Waals surface area contributed by atoms with E-state index in [1.54, 1.807) is 18.9 Å². The third-order valence-corrected chi connectivity index (χ3v) is 6.87. The summed E-state index contributed by atoms with van der Waals surface area (Å²) in [5, 5.41) is 11.8. The molecule has 25 heavy (non-hydrogen) atoms. The molecule has 1 aromatic carbocycles. The maximum absolute atomic E-state index is 12.7. The molecule has 2 aliphatic heterocycles. The quantitative estimate of drug-likeness (QED) is 0.822. The van der Waals surface area contributed by atoms with Crippen LogP contribution in [0.3, 0.4) is 0 Å². The monoisotopic (exact) mass is 343 g/mol. The van der Waals surface area contributed by atoms with Crippen LogP contribution in [0.4, 0.5) is 0 Å². The third kappa shape index (κ3) is 1.51. The first-order valence-corrected chi connectivity index (χ1v) is 8.83. The Labute approximate surface area is 145 Å². The molecule has 1 spiro atoms. The average molecular weight is 343 g/mol. The Kier molecular flexibility index (Phi) is 2.77. The van der Waals surface area contributed by atoms with E-state index in [4.69, 9.17) is 9.47 Å². The van der Waals surface area contributed by atoms with Gasteiger partial charge in [0.1, 0.15) is 0 Å². The van der Waals surface area contributed by atoms with Crippen LogP contribution < -0.4 is 9.47 Å². The second-order valence-corrected chi connectivity index (χ2v) is 7.67.